The second-order valence-electron chi connectivity index (χ2n) is 8.24. The van der Waals surface area contributed by atoms with Crippen LogP contribution in [0.1, 0.15) is 12.0 Å². The number of sulfonamides is 1. The van der Waals surface area contributed by atoms with Gasteiger partial charge in [-0.05, 0) is 49.7 Å². The second-order valence-corrected chi connectivity index (χ2v) is 10.1. The smallest absolute Gasteiger partial charge is 0.264 e. The number of para-hydroxylation sites is 1. The molecular formula is C26H31N3O2S. The number of anilines is 2. The van der Waals surface area contributed by atoms with Gasteiger partial charge in [-0.2, -0.15) is 0 Å². The Labute approximate surface area is 191 Å². The van der Waals surface area contributed by atoms with Gasteiger partial charge in [0.25, 0.3) is 10.0 Å². The molecule has 5 nitrogen and oxygen atoms in total. The Morgan fingerprint density at radius 1 is 0.781 bits per heavy atom. The molecule has 1 aliphatic rings. The van der Waals surface area contributed by atoms with Gasteiger partial charge in [-0.15, -0.1) is 0 Å². The summed E-state index contributed by atoms with van der Waals surface area (Å²) in [5.74, 6) is 0. The summed E-state index contributed by atoms with van der Waals surface area (Å²) in [5.41, 5.74) is 3.26. The average molecular weight is 450 g/mol. The predicted octanol–water partition coefficient (Wildman–Crippen LogP) is 4.40. The zero-order valence-corrected chi connectivity index (χ0v) is 19.4. The minimum atomic E-state index is -3.60. The number of hydrogen-bond acceptors (Lipinski definition) is 4. The second kappa shape index (κ2) is 10.2. The minimum Gasteiger partial charge on any atom is -0.369 e. The highest BCUT2D eigenvalue weighted by atomic mass is 32.2. The Morgan fingerprint density at radius 3 is 2.00 bits per heavy atom. The highest BCUT2D eigenvalue weighted by Crippen LogP contribution is 2.24. The van der Waals surface area contributed by atoms with Crippen LogP contribution in [0.3, 0.4) is 0 Å². The molecule has 0 amide bonds. The largest absolute Gasteiger partial charge is 0.369 e. The van der Waals surface area contributed by atoms with Gasteiger partial charge in [-0.25, -0.2) is 8.42 Å². The van der Waals surface area contributed by atoms with Crippen molar-refractivity contribution >= 4 is 21.4 Å². The number of hydrogen-bond donors (Lipinski definition) is 0. The van der Waals surface area contributed by atoms with E-state index >= 15 is 0 Å². The van der Waals surface area contributed by atoms with Crippen LogP contribution in [-0.2, 0) is 10.0 Å². The average Bonchev–Trinajstić information content (AvgIpc) is 2.84. The lowest BCUT2D eigenvalue weighted by Crippen LogP contribution is -2.47. The molecule has 3 aromatic carbocycles. The molecular weight excluding hydrogens is 418 g/mol. The molecule has 1 saturated heterocycles. The van der Waals surface area contributed by atoms with Crippen LogP contribution in [0.4, 0.5) is 11.4 Å². The molecule has 0 aromatic heterocycles. The lowest BCUT2D eigenvalue weighted by Gasteiger charge is -2.36. The van der Waals surface area contributed by atoms with Crippen LogP contribution >= 0.6 is 0 Å². The van der Waals surface area contributed by atoms with E-state index in [-0.39, 0.29) is 0 Å². The maximum absolute atomic E-state index is 13.3. The van der Waals surface area contributed by atoms with Crippen molar-refractivity contribution < 1.29 is 8.42 Å². The van der Waals surface area contributed by atoms with E-state index in [0.29, 0.717) is 17.1 Å². The van der Waals surface area contributed by atoms with E-state index < -0.39 is 10.0 Å². The van der Waals surface area contributed by atoms with Crippen molar-refractivity contribution in [3.05, 3.63) is 90.5 Å². The van der Waals surface area contributed by atoms with Crippen LogP contribution in [0.25, 0.3) is 0 Å². The zero-order valence-electron chi connectivity index (χ0n) is 18.6. The first-order chi connectivity index (χ1) is 15.5. The third-order valence-corrected chi connectivity index (χ3v) is 7.82. The SMILES string of the molecule is Cc1ccc(N2CCN(CCCN(c3ccccc3)S(=O)(=O)c3ccccc3)CC2)cc1. The van der Waals surface area contributed by atoms with Crippen molar-refractivity contribution in [2.45, 2.75) is 18.2 Å². The van der Waals surface area contributed by atoms with Crippen molar-refractivity contribution in [3.63, 3.8) is 0 Å². The van der Waals surface area contributed by atoms with Gasteiger partial charge in [-0.1, -0.05) is 54.1 Å². The fourth-order valence-corrected chi connectivity index (χ4v) is 5.65. The first-order valence-electron chi connectivity index (χ1n) is 11.2. The van der Waals surface area contributed by atoms with Crippen LogP contribution in [0.15, 0.2) is 89.8 Å². The fourth-order valence-electron chi connectivity index (χ4n) is 4.13. The number of piperazine rings is 1. The molecule has 0 unspecified atom stereocenters. The highest BCUT2D eigenvalue weighted by molar-refractivity contribution is 7.92. The van der Waals surface area contributed by atoms with Crippen LogP contribution in [0, 0.1) is 6.92 Å². The molecule has 1 fully saturated rings. The van der Waals surface area contributed by atoms with Crippen molar-refractivity contribution in [3.8, 4) is 0 Å². The van der Waals surface area contributed by atoms with E-state index in [1.807, 2.05) is 36.4 Å². The van der Waals surface area contributed by atoms with Gasteiger partial charge in [0.15, 0.2) is 0 Å². The fraction of sp³-hybridized carbons (Fsp3) is 0.308. The molecule has 0 spiro atoms. The maximum atomic E-state index is 13.3. The summed E-state index contributed by atoms with van der Waals surface area (Å²) in [5, 5.41) is 0. The molecule has 0 N–H and O–H groups in total. The summed E-state index contributed by atoms with van der Waals surface area (Å²) in [6.45, 7) is 7.42. The Morgan fingerprint density at radius 2 is 1.38 bits per heavy atom. The van der Waals surface area contributed by atoms with Gasteiger partial charge in [0.05, 0.1) is 10.6 Å². The summed E-state index contributed by atoms with van der Waals surface area (Å²) < 4.78 is 28.2. The predicted molar refractivity (Wildman–Crippen MR) is 132 cm³/mol. The Hall–Kier alpha value is -2.83. The molecule has 6 heteroatoms. The van der Waals surface area contributed by atoms with Crippen molar-refractivity contribution in [1.82, 2.24) is 4.90 Å². The quantitative estimate of drug-likeness (QED) is 0.511. The van der Waals surface area contributed by atoms with Gasteiger partial charge in [0, 0.05) is 45.0 Å². The lowest BCUT2D eigenvalue weighted by molar-refractivity contribution is 0.256. The number of benzene rings is 3. The first-order valence-corrected chi connectivity index (χ1v) is 12.6. The van der Waals surface area contributed by atoms with E-state index in [4.69, 9.17) is 0 Å². The molecule has 0 atom stereocenters. The number of nitrogens with zero attached hydrogens (tertiary/aromatic N) is 3. The van der Waals surface area contributed by atoms with E-state index in [9.17, 15) is 8.42 Å². The molecule has 1 aliphatic heterocycles. The molecule has 0 aliphatic carbocycles. The maximum Gasteiger partial charge on any atom is 0.264 e. The molecule has 168 valence electrons. The molecule has 0 saturated carbocycles. The topological polar surface area (TPSA) is 43.9 Å². The molecule has 0 radical (unpaired) electrons. The van der Waals surface area contributed by atoms with E-state index in [2.05, 4.69) is 41.0 Å². The van der Waals surface area contributed by atoms with Gasteiger partial charge in [0.2, 0.25) is 0 Å². The standard InChI is InChI=1S/C26H31N3O2S/c1-23-13-15-24(16-14-23)28-21-19-27(20-22-28)17-8-18-29(25-9-4-2-5-10-25)32(30,31)26-11-6-3-7-12-26/h2-7,9-16H,8,17-22H2,1H3. The van der Waals surface area contributed by atoms with Crippen LogP contribution < -0.4 is 9.21 Å². The summed E-state index contributed by atoms with van der Waals surface area (Å²) >= 11 is 0. The van der Waals surface area contributed by atoms with Gasteiger partial charge >= 0.3 is 0 Å². The Bertz CT molecular complexity index is 1080. The van der Waals surface area contributed by atoms with Crippen LogP contribution in [0.5, 0.6) is 0 Å². The monoisotopic (exact) mass is 449 g/mol. The van der Waals surface area contributed by atoms with Crippen molar-refractivity contribution in [2.75, 3.05) is 48.5 Å². The molecule has 0 bridgehead atoms. The van der Waals surface area contributed by atoms with Crippen molar-refractivity contribution in [1.29, 1.82) is 0 Å². The Balaban J connectivity index is 1.37. The van der Waals surface area contributed by atoms with E-state index in [1.165, 1.54) is 11.3 Å². The number of aryl methyl sites for hydroxylation is 1. The van der Waals surface area contributed by atoms with Gasteiger partial charge in [0.1, 0.15) is 0 Å². The summed E-state index contributed by atoms with van der Waals surface area (Å²) in [6, 6.07) is 26.8. The summed E-state index contributed by atoms with van der Waals surface area (Å²) in [6.07, 6.45) is 0.783. The number of rotatable bonds is 8. The lowest BCUT2D eigenvalue weighted by atomic mass is 10.2. The molecule has 3 aromatic rings. The summed E-state index contributed by atoms with van der Waals surface area (Å²) in [4.78, 5) is 5.19. The van der Waals surface area contributed by atoms with Crippen LogP contribution in [-0.4, -0.2) is 52.6 Å². The van der Waals surface area contributed by atoms with E-state index in [0.717, 1.165) is 39.1 Å². The zero-order chi connectivity index (χ0) is 22.4. The van der Waals surface area contributed by atoms with Gasteiger partial charge < -0.3 is 4.90 Å². The Kier molecular flexibility index (Phi) is 7.12. The molecule has 1 heterocycles. The van der Waals surface area contributed by atoms with Crippen LogP contribution in [0.2, 0.25) is 0 Å². The molecule has 4 rings (SSSR count). The third-order valence-electron chi connectivity index (χ3n) is 5.98. The van der Waals surface area contributed by atoms with E-state index in [1.54, 1.807) is 28.6 Å². The third kappa shape index (κ3) is 5.31. The molecule has 32 heavy (non-hydrogen) atoms. The van der Waals surface area contributed by atoms with Gasteiger partial charge in [-0.3, -0.25) is 9.21 Å². The summed E-state index contributed by atoms with van der Waals surface area (Å²) in [7, 11) is -3.60. The highest BCUT2D eigenvalue weighted by Gasteiger charge is 2.25. The van der Waals surface area contributed by atoms with Crippen molar-refractivity contribution in [2.24, 2.45) is 0 Å². The first kappa shape index (κ1) is 22.4. The minimum absolute atomic E-state index is 0.329. The normalized spacial score (nSPS) is 15.0.